The van der Waals surface area contributed by atoms with Crippen LogP contribution in [0.1, 0.15) is 31.7 Å². The van der Waals surface area contributed by atoms with Crippen LogP contribution in [0.15, 0.2) is 42.5 Å². The van der Waals surface area contributed by atoms with Crippen LogP contribution < -0.4 is 0 Å². The molecule has 0 spiro atoms. The zero-order valence-corrected chi connectivity index (χ0v) is 8.97. The minimum atomic E-state index is -2.89. The first-order valence-electron chi connectivity index (χ1n) is 5.20. The highest BCUT2D eigenvalue weighted by Gasteiger charge is 2.33. The van der Waals surface area contributed by atoms with Crippen LogP contribution >= 0.6 is 0 Å². The van der Waals surface area contributed by atoms with E-state index in [-0.39, 0.29) is 11.1 Å². The second-order valence-electron chi connectivity index (χ2n) is 3.65. The van der Waals surface area contributed by atoms with E-state index in [0.717, 1.165) is 12.8 Å². The molecule has 2 heteroatoms. The number of alkyl halides is 2. The van der Waals surface area contributed by atoms with Gasteiger partial charge in [-0.1, -0.05) is 50.3 Å². The molecule has 0 aliphatic carbocycles. The molecule has 0 bridgehead atoms. The predicted octanol–water partition coefficient (Wildman–Crippen LogP) is 4.52. The third-order valence-corrected chi connectivity index (χ3v) is 2.41. The molecule has 82 valence electrons. The number of unbranched alkanes of at least 4 members (excludes halogenated alkanes) is 1. The summed E-state index contributed by atoms with van der Waals surface area (Å²) in [6.45, 7) is 5.47. The summed E-state index contributed by atoms with van der Waals surface area (Å²) in [7, 11) is 0. The molecular formula is C13H16F2. The van der Waals surface area contributed by atoms with Gasteiger partial charge in [-0.25, -0.2) is 0 Å². The highest BCUT2D eigenvalue weighted by Crippen LogP contribution is 2.36. The summed E-state index contributed by atoms with van der Waals surface area (Å²) < 4.78 is 27.5. The molecule has 0 amide bonds. The van der Waals surface area contributed by atoms with E-state index < -0.39 is 5.92 Å². The van der Waals surface area contributed by atoms with Gasteiger partial charge >= 0.3 is 0 Å². The molecule has 1 aromatic carbocycles. The second kappa shape index (κ2) is 5.06. The van der Waals surface area contributed by atoms with Crippen molar-refractivity contribution >= 4 is 0 Å². The average Bonchev–Trinajstić information content (AvgIpc) is 2.27. The van der Waals surface area contributed by atoms with E-state index in [9.17, 15) is 8.78 Å². The van der Waals surface area contributed by atoms with Crippen molar-refractivity contribution in [3.63, 3.8) is 0 Å². The standard InChI is InChI=1S/C13H16F2/c1-3-4-8-11(2)13(14,15)12-9-6-5-7-10-12/h5-7,9-10H,2-4,8H2,1H3. The van der Waals surface area contributed by atoms with E-state index in [4.69, 9.17) is 0 Å². The van der Waals surface area contributed by atoms with Crippen molar-refractivity contribution in [3.05, 3.63) is 48.0 Å². The minimum Gasteiger partial charge on any atom is -0.196 e. The van der Waals surface area contributed by atoms with E-state index in [2.05, 4.69) is 6.58 Å². The normalized spacial score (nSPS) is 11.4. The fourth-order valence-corrected chi connectivity index (χ4v) is 1.40. The number of halogens is 2. The van der Waals surface area contributed by atoms with E-state index in [0.29, 0.717) is 6.42 Å². The highest BCUT2D eigenvalue weighted by atomic mass is 19.3. The van der Waals surface area contributed by atoms with Crippen LogP contribution in [0.4, 0.5) is 8.78 Å². The molecule has 0 saturated carbocycles. The molecule has 0 N–H and O–H groups in total. The highest BCUT2D eigenvalue weighted by molar-refractivity contribution is 5.28. The number of allylic oxidation sites excluding steroid dienone is 1. The lowest BCUT2D eigenvalue weighted by atomic mass is 9.98. The van der Waals surface area contributed by atoms with E-state index >= 15 is 0 Å². The average molecular weight is 210 g/mol. The molecule has 0 nitrogen and oxygen atoms in total. The Bertz CT molecular complexity index is 315. The number of rotatable bonds is 5. The Morgan fingerprint density at radius 3 is 2.40 bits per heavy atom. The van der Waals surface area contributed by atoms with Gasteiger partial charge < -0.3 is 0 Å². The molecule has 0 unspecified atom stereocenters. The van der Waals surface area contributed by atoms with Gasteiger partial charge in [0.1, 0.15) is 0 Å². The summed E-state index contributed by atoms with van der Waals surface area (Å²) in [5, 5.41) is 0. The monoisotopic (exact) mass is 210 g/mol. The Balaban J connectivity index is 2.78. The van der Waals surface area contributed by atoms with Gasteiger partial charge in [0, 0.05) is 5.56 Å². The summed E-state index contributed by atoms with van der Waals surface area (Å²) in [6, 6.07) is 7.86. The molecule has 0 aliphatic rings. The van der Waals surface area contributed by atoms with Gasteiger partial charge in [0.05, 0.1) is 0 Å². The third-order valence-electron chi connectivity index (χ3n) is 2.41. The van der Waals surface area contributed by atoms with Crippen molar-refractivity contribution in [1.29, 1.82) is 0 Å². The fourth-order valence-electron chi connectivity index (χ4n) is 1.40. The number of hydrogen-bond donors (Lipinski definition) is 0. The molecular weight excluding hydrogens is 194 g/mol. The molecule has 15 heavy (non-hydrogen) atoms. The van der Waals surface area contributed by atoms with Crippen LogP contribution in [0.5, 0.6) is 0 Å². The Morgan fingerprint density at radius 2 is 1.87 bits per heavy atom. The van der Waals surface area contributed by atoms with Crippen LogP contribution in [-0.4, -0.2) is 0 Å². The summed E-state index contributed by atoms with van der Waals surface area (Å²) in [5.41, 5.74) is 0.0432. The summed E-state index contributed by atoms with van der Waals surface area (Å²) in [5.74, 6) is -2.89. The third kappa shape index (κ3) is 2.88. The van der Waals surface area contributed by atoms with Gasteiger partial charge in [-0.15, -0.1) is 0 Å². The van der Waals surface area contributed by atoms with Gasteiger partial charge in [-0.2, -0.15) is 8.78 Å². The molecule has 1 rings (SSSR count). The maximum atomic E-state index is 13.8. The van der Waals surface area contributed by atoms with Crippen LogP contribution in [-0.2, 0) is 5.92 Å². The molecule has 1 aromatic rings. The minimum absolute atomic E-state index is 0.00977. The van der Waals surface area contributed by atoms with Crippen LogP contribution in [0, 0.1) is 0 Å². The van der Waals surface area contributed by atoms with Crippen molar-refractivity contribution in [2.45, 2.75) is 32.1 Å². The van der Waals surface area contributed by atoms with Gasteiger partial charge in [0.15, 0.2) is 0 Å². The van der Waals surface area contributed by atoms with Crippen molar-refractivity contribution in [2.75, 3.05) is 0 Å². The Morgan fingerprint density at radius 1 is 1.27 bits per heavy atom. The van der Waals surface area contributed by atoms with Gasteiger partial charge in [0.2, 0.25) is 0 Å². The molecule has 0 aromatic heterocycles. The first-order chi connectivity index (χ1) is 7.09. The lowest BCUT2D eigenvalue weighted by molar-refractivity contribution is 0.0344. The number of hydrogen-bond acceptors (Lipinski definition) is 0. The van der Waals surface area contributed by atoms with Crippen LogP contribution in [0.3, 0.4) is 0 Å². The largest absolute Gasteiger partial charge is 0.294 e. The first kappa shape index (κ1) is 11.9. The van der Waals surface area contributed by atoms with Crippen molar-refractivity contribution in [1.82, 2.24) is 0 Å². The quantitative estimate of drug-likeness (QED) is 0.626. The van der Waals surface area contributed by atoms with Crippen LogP contribution in [0.25, 0.3) is 0 Å². The topological polar surface area (TPSA) is 0 Å². The van der Waals surface area contributed by atoms with Crippen LogP contribution in [0.2, 0.25) is 0 Å². The van der Waals surface area contributed by atoms with Crippen molar-refractivity contribution in [3.8, 4) is 0 Å². The first-order valence-corrected chi connectivity index (χ1v) is 5.20. The zero-order valence-electron chi connectivity index (χ0n) is 8.97. The molecule has 0 saturated heterocycles. The summed E-state index contributed by atoms with van der Waals surface area (Å²) >= 11 is 0. The van der Waals surface area contributed by atoms with Gasteiger partial charge in [-0.3, -0.25) is 0 Å². The Hall–Kier alpha value is -1.18. The lowest BCUT2D eigenvalue weighted by Crippen LogP contribution is -2.15. The van der Waals surface area contributed by atoms with Gasteiger partial charge in [-0.05, 0) is 18.4 Å². The predicted molar refractivity (Wildman–Crippen MR) is 59.0 cm³/mol. The van der Waals surface area contributed by atoms with E-state index in [1.165, 1.54) is 12.1 Å². The van der Waals surface area contributed by atoms with E-state index in [1.807, 2.05) is 6.92 Å². The zero-order chi connectivity index (χ0) is 11.3. The second-order valence-corrected chi connectivity index (χ2v) is 3.65. The van der Waals surface area contributed by atoms with E-state index in [1.54, 1.807) is 18.2 Å². The Kier molecular flexibility index (Phi) is 4.01. The Labute approximate surface area is 89.6 Å². The fraction of sp³-hybridized carbons (Fsp3) is 0.385. The molecule has 0 atom stereocenters. The lowest BCUT2D eigenvalue weighted by Gasteiger charge is -2.19. The molecule has 0 radical (unpaired) electrons. The SMILES string of the molecule is C=C(CCCC)C(F)(F)c1ccccc1. The van der Waals surface area contributed by atoms with Crippen molar-refractivity contribution in [2.24, 2.45) is 0 Å². The number of benzene rings is 1. The smallest absolute Gasteiger partial charge is 0.196 e. The molecule has 0 aliphatic heterocycles. The summed E-state index contributed by atoms with van der Waals surface area (Å²) in [4.78, 5) is 0. The van der Waals surface area contributed by atoms with Crippen molar-refractivity contribution < 1.29 is 8.78 Å². The van der Waals surface area contributed by atoms with Gasteiger partial charge in [0.25, 0.3) is 5.92 Å². The molecule has 0 fully saturated rings. The maximum absolute atomic E-state index is 13.8. The maximum Gasteiger partial charge on any atom is 0.294 e. The summed E-state index contributed by atoms with van der Waals surface area (Å²) in [6.07, 6.45) is 2.06. The molecule has 0 heterocycles.